The number of halogens is 2. The van der Waals surface area contributed by atoms with Gasteiger partial charge in [-0.2, -0.15) is 0 Å². The van der Waals surface area contributed by atoms with E-state index in [0.29, 0.717) is 6.54 Å². The van der Waals surface area contributed by atoms with E-state index < -0.39 is 0 Å². The van der Waals surface area contributed by atoms with Gasteiger partial charge in [-0.25, -0.2) is 9.18 Å². The molecule has 0 saturated carbocycles. The molecule has 1 heterocycles. The van der Waals surface area contributed by atoms with E-state index in [0.717, 1.165) is 61.7 Å². The molecule has 3 rings (SSSR count). The van der Waals surface area contributed by atoms with Crippen LogP contribution in [-0.4, -0.2) is 55.1 Å². The highest BCUT2D eigenvalue weighted by Crippen LogP contribution is 2.10. The number of nitrogens with one attached hydrogen (secondary N) is 1. The van der Waals surface area contributed by atoms with Gasteiger partial charge in [0.1, 0.15) is 5.82 Å². The zero-order valence-corrected chi connectivity index (χ0v) is 16.1. The van der Waals surface area contributed by atoms with Crippen molar-refractivity contribution in [2.75, 3.05) is 39.3 Å². The lowest BCUT2D eigenvalue weighted by molar-refractivity contribution is 0.140. The first-order chi connectivity index (χ1) is 13.1. The summed E-state index contributed by atoms with van der Waals surface area (Å²) in [6, 6.07) is 14.4. The molecule has 0 bridgehead atoms. The SMILES string of the molecule is O=C(NCCc1ccc(Cl)cc1)N1CCN(CCc2ccc(F)cc2)CC1. The average Bonchev–Trinajstić information content (AvgIpc) is 2.69. The topological polar surface area (TPSA) is 35.6 Å². The zero-order valence-electron chi connectivity index (χ0n) is 15.3. The summed E-state index contributed by atoms with van der Waals surface area (Å²) in [5.41, 5.74) is 2.30. The second kappa shape index (κ2) is 9.72. The van der Waals surface area contributed by atoms with Gasteiger partial charge < -0.3 is 10.2 Å². The van der Waals surface area contributed by atoms with E-state index in [-0.39, 0.29) is 11.8 Å². The van der Waals surface area contributed by atoms with Gasteiger partial charge in [0, 0.05) is 44.3 Å². The van der Waals surface area contributed by atoms with E-state index in [4.69, 9.17) is 11.6 Å². The Hall–Kier alpha value is -2.11. The molecular weight excluding hydrogens is 365 g/mol. The summed E-state index contributed by atoms with van der Waals surface area (Å²) in [4.78, 5) is 16.5. The molecule has 0 spiro atoms. The Bertz CT molecular complexity index is 728. The Morgan fingerprint density at radius 2 is 1.52 bits per heavy atom. The quantitative estimate of drug-likeness (QED) is 0.819. The molecule has 0 aliphatic carbocycles. The number of hydrogen-bond donors (Lipinski definition) is 1. The molecule has 1 saturated heterocycles. The summed E-state index contributed by atoms with van der Waals surface area (Å²) in [7, 11) is 0. The number of urea groups is 1. The van der Waals surface area contributed by atoms with Crippen LogP contribution in [0, 0.1) is 5.82 Å². The highest BCUT2D eigenvalue weighted by atomic mass is 35.5. The standard InChI is InChI=1S/C21H25ClFN3O/c22-19-5-1-17(2-6-19)9-11-24-21(27)26-15-13-25(14-16-26)12-10-18-3-7-20(23)8-4-18/h1-8H,9-16H2,(H,24,27). The van der Waals surface area contributed by atoms with Gasteiger partial charge in [-0.15, -0.1) is 0 Å². The van der Waals surface area contributed by atoms with Crippen LogP contribution in [-0.2, 0) is 12.8 Å². The third-order valence-electron chi connectivity index (χ3n) is 4.89. The lowest BCUT2D eigenvalue weighted by Gasteiger charge is -2.34. The summed E-state index contributed by atoms with van der Waals surface area (Å²) in [6.07, 6.45) is 1.69. The molecule has 1 fully saturated rings. The van der Waals surface area contributed by atoms with Crippen molar-refractivity contribution < 1.29 is 9.18 Å². The van der Waals surface area contributed by atoms with Crippen LogP contribution in [0.1, 0.15) is 11.1 Å². The number of benzene rings is 2. The maximum Gasteiger partial charge on any atom is 0.317 e. The molecule has 2 aromatic rings. The second-order valence-electron chi connectivity index (χ2n) is 6.81. The van der Waals surface area contributed by atoms with Crippen molar-refractivity contribution in [3.63, 3.8) is 0 Å². The molecule has 1 aliphatic heterocycles. The predicted octanol–water partition coefficient (Wildman–Crippen LogP) is 3.59. The van der Waals surface area contributed by atoms with E-state index in [1.54, 1.807) is 0 Å². The molecule has 1 N–H and O–H groups in total. The number of piperazine rings is 1. The van der Waals surface area contributed by atoms with Crippen LogP contribution in [0.4, 0.5) is 9.18 Å². The molecule has 27 heavy (non-hydrogen) atoms. The fourth-order valence-electron chi connectivity index (χ4n) is 3.19. The van der Waals surface area contributed by atoms with Gasteiger partial charge >= 0.3 is 6.03 Å². The first-order valence-corrected chi connectivity index (χ1v) is 9.72. The van der Waals surface area contributed by atoms with Crippen LogP contribution >= 0.6 is 11.6 Å². The molecule has 0 aromatic heterocycles. The minimum absolute atomic E-state index is 0.00199. The molecule has 0 atom stereocenters. The van der Waals surface area contributed by atoms with Crippen molar-refractivity contribution in [3.05, 3.63) is 70.5 Å². The zero-order chi connectivity index (χ0) is 19.1. The first kappa shape index (κ1) is 19.6. The Morgan fingerprint density at radius 3 is 2.19 bits per heavy atom. The molecule has 0 radical (unpaired) electrons. The van der Waals surface area contributed by atoms with Crippen molar-refractivity contribution in [1.82, 2.24) is 15.1 Å². The van der Waals surface area contributed by atoms with Crippen LogP contribution in [0.2, 0.25) is 5.02 Å². The fraction of sp³-hybridized carbons (Fsp3) is 0.381. The number of amides is 2. The van der Waals surface area contributed by atoms with Crippen LogP contribution in [0.5, 0.6) is 0 Å². The minimum Gasteiger partial charge on any atom is -0.338 e. The number of carbonyl (C=O) groups excluding carboxylic acids is 1. The molecule has 2 amide bonds. The predicted molar refractivity (Wildman–Crippen MR) is 107 cm³/mol. The molecule has 2 aromatic carbocycles. The third kappa shape index (κ3) is 6.22. The second-order valence-corrected chi connectivity index (χ2v) is 7.25. The summed E-state index contributed by atoms with van der Waals surface area (Å²) >= 11 is 5.88. The maximum atomic E-state index is 12.9. The van der Waals surface area contributed by atoms with Crippen molar-refractivity contribution in [2.24, 2.45) is 0 Å². The average molecular weight is 390 g/mol. The van der Waals surface area contributed by atoms with Gasteiger partial charge in [0.05, 0.1) is 0 Å². The van der Waals surface area contributed by atoms with Crippen LogP contribution in [0.3, 0.4) is 0 Å². The molecule has 1 aliphatic rings. The number of rotatable bonds is 6. The van der Waals surface area contributed by atoms with Crippen molar-refractivity contribution in [2.45, 2.75) is 12.8 Å². The molecule has 4 nitrogen and oxygen atoms in total. The summed E-state index contributed by atoms with van der Waals surface area (Å²) < 4.78 is 12.9. The van der Waals surface area contributed by atoms with E-state index in [2.05, 4.69) is 10.2 Å². The molecule has 144 valence electrons. The van der Waals surface area contributed by atoms with E-state index in [1.165, 1.54) is 12.1 Å². The smallest absolute Gasteiger partial charge is 0.317 e. The summed E-state index contributed by atoms with van der Waals surface area (Å²) in [5, 5.41) is 3.72. The fourth-order valence-corrected chi connectivity index (χ4v) is 3.32. The van der Waals surface area contributed by atoms with Gasteiger partial charge in [0.25, 0.3) is 0 Å². The Balaban J connectivity index is 1.33. The van der Waals surface area contributed by atoms with E-state index in [9.17, 15) is 9.18 Å². The Morgan fingerprint density at radius 1 is 0.926 bits per heavy atom. The monoisotopic (exact) mass is 389 g/mol. The van der Waals surface area contributed by atoms with Crippen LogP contribution in [0.25, 0.3) is 0 Å². The van der Waals surface area contributed by atoms with Crippen LogP contribution in [0.15, 0.2) is 48.5 Å². The number of hydrogen-bond acceptors (Lipinski definition) is 2. The van der Waals surface area contributed by atoms with E-state index >= 15 is 0 Å². The molecule has 0 unspecified atom stereocenters. The first-order valence-electron chi connectivity index (χ1n) is 9.34. The maximum absolute atomic E-state index is 12.9. The number of nitrogens with zero attached hydrogens (tertiary/aromatic N) is 2. The van der Waals surface area contributed by atoms with Gasteiger partial charge in [-0.1, -0.05) is 35.9 Å². The van der Waals surface area contributed by atoms with Crippen molar-refractivity contribution in [1.29, 1.82) is 0 Å². The normalized spacial score (nSPS) is 15.0. The molecule has 6 heteroatoms. The minimum atomic E-state index is -0.200. The van der Waals surface area contributed by atoms with E-state index in [1.807, 2.05) is 41.3 Å². The Kier molecular flexibility index (Phi) is 7.07. The highest BCUT2D eigenvalue weighted by Gasteiger charge is 2.20. The summed E-state index contributed by atoms with van der Waals surface area (Å²) in [5.74, 6) is -0.200. The third-order valence-corrected chi connectivity index (χ3v) is 5.14. The van der Waals surface area contributed by atoms with Gasteiger partial charge in [0.15, 0.2) is 0 Å². The molecular formula is C21H25ClFN3O. The van der Waals surface area contributed by atoms with Crippen LogP contribution < -0.4 is 5.32 Å². The summed E-state index contributed by atoms with van der Waals surface area (Å²) in [6.45, 7) is 4.74. The van der Waals surface area contributed by atoms with Gasteiger partial charge in [-0.3, -0.25) is 4.90 Å². The van der Waals surface area contributed by atoms with Gasteiger partial charge in [0.2, 0.25) is 0 Å². The lowest BCUT2D eigenvalue weighted by atomic mass is 10.1. The van der Waals surface area contributed by atoms with Gasteiger partial charge in [-0.05, 0) is 48.2 Å². The Labute approximate surface area is 164 Å². The van der Waals surface area contributed by atoms with Crippen molar-refractivity contribution >= 4 is 17.6 Å². The lowest BCUT2D eigenvalue weighted by Crippen LogP contribution is -2.52. The number of carbonyl (C=O) groups is 1. The van der Waals surface area contributed by atoms with Crippen molar-refractivity contribution in [3.8, 4) is 0 Å². The highest BCUT2D eigenvalue weighted by molar-refractivity contribution is 6.30. The largest absolute Gasteiger partial charge is 0.338 e.